The lowest BCUT2D eigenvalue weighted by atomic mass is 10.2. The Morgan fingerprint density at radius 2 is 1.41 bits per heavy atom. The van der Waals surface area contributed by atoms with Gasteiger partial charge in [0.2, 0.25) is 0 Å². The van der Waals surface area contributed by atoms with E-state index in [1.54, 1.807) is 42.5 Å². The van der Waals surface area contributed by atoms with Crippen molar-refractivity contribution in [1.82, 2.24) is 0 Å². The summed E-state index contributed by atoms with van der Waals surface area (Å²) < 4.78 is 13.7. The van der Waals surface area contributed by atoms with Gasteiger partial charge in [0.15, 0.2) is 5.11 Å². The smallest absolute Gasteiger partial charge is 0.335 e. The van der Waals surface area contributed by atoms with Gasteiger partial charge in [0.05, 0.1) is 11.1 Å². The van der Waals surface area contributed by atoms with Crippen LogP contribution < -0.4 is 16.0 Å². The van der Waals surface area contributed by atoms with Gasteiger partial charge in [-0.15, -0.1) is 0 Å². The molecule has 0 radical (unpaired) electrons. The van der Waals surface area contributed by atoms with Crippen molar-refractivity contribution in [2.24, 2.45) is 0 Å². The van der Waals surface area contributed by atoms with Gasteiger partial charge in [-0.2, -0.15) is 0 Å². The summed E-state index contributed by atoms with van der Waals surface area (Å²) in [4.78, 5) is 23.2. The minimum Gasteiger partial charge on any atom is -0.478 e. The molecule has 1 amide bonds. The first-order valence-corrected chi connectivity index (χ1v) is 8.90. The van der Waals surface area contributed by atoms with E-state index in [2.05, 4.69) is 16.0 Å². The number of rotatable bonds is 5. The minimum atomic E-state index is -1.03. The number of thiocarbonyl (C=S) groups is 1. The number of hydrogen-bond donors (Lipinski definition) is 4. The topological polar surface area (TPSA) is 90.5 Å². The molecule has 0 saturated carbocycles. The molecule has 0 spiro atoms. The molecule has 3 aromatic carbocycles. The Kier molecular flexibility index (Phi) is 6.16. The standard InChI is InChI=1S/C21H16FN3O3S/c22-18-7-2-1-6-17(18)19(26)23-14-8-10-15(11-9-14)24-21(29)25-16-5-3-4-13(12-16)20(27)28/h1-12H,(H,23,26)(H,27,28)(H2,24,25,29). The van der Waals surface area contributed by atoms with Crippen molar-refractivity contribution in [3.63, 3.8) is 0 Å². The van der Waals surface area contributed by atoms with Crippen LogP contribution in [0.4, 0.5) is 21.5 Å². The third kappa shape index (κ3) is 5.36. The number of benzene rings is 3. The van der Waals surface area contributed by atoms with Crippen molar-refractivity contribution in [2.45, 2.75) is 0 Å². The Bertz CT molecular complexity index is 1070. The van der Waals surface area contributed by atoms with E-state index in [1.165, 1.54) is 30.3 Å². The zero-order chi connectivity index (χ0) is 20.8. The molecule has 4 N–H and O–H groups in total. The normalized spacial score (nSPS) is 10.1. The van der Waals surface area contributed by atoms with Gasteiger partial charge in [-0.3, -0.25) is 4.79 Å². The molecule has 3 rings (SSSR count). The van der Waals surface area contributed by atoms with E-state index in [0.29, 0.717) is 17.1 Å². The maximum absolute atomic E-state index is 13.7. The molecule has 3 aromatic rings. The molecular formula is C21H16FN3O3S. The number of nitrogens with one attached hydrogen (secondary N) is 3. The monoisotopic (exact) mass is 409 g/mol. The summed E-state index contributed by atoms with van der Waals surface area (Å²) in [6, 6.07) is 18.7. The van der Waals surface area contributed by atoms with Crippen molar-refractivity contribution in [1.29, 1.82) is 0 Å². The summed E-state index contributed by atoms with van der Waals surface area (Å²) in [5, 5.41) is 17.8. The van der Waals surface area contributed by atoms with Crippen LogP contribution in [0.1, 0.15) is 20.7 Å². The molecular weight excluding hydrogens is 393 g/mol. The lowest BCUT2D eigenvalue weighted by Crippen LogP contribution is -2.19. The second kappa shape index (κ2) is 8.94. The molecule has 6 nitrogen and oxygen atoms in total. The Labute approximate surface area is 171 Å². The Morgan fingerprint density at radius 1 is 0.793 bits per heavy atom. The molecule has 0 aliphatic rings. The molecule has 0 aromatic heterocycles. The van der Waals surface area contributed by atoms with E-state index < -0.39 is 17.7 Å². The minimum absolute atomic E-state index is 0.0383. The van der Waals surface area contributed by atoms with Crippen LogP contribution >= 0.6 is 12.2 Å². The van der Waals surface area contributed by atoms with E-state index in [-0.39, 0.29) is 16.2 Å². The molecule has 0 aliphatic heterocycles. The maximum Gasteiger partial charge on any atom is 0.335 e. The van der Waals surface area contributed by atoms with Crippen molar-refractivity contribution < 1.29 is 19.1 Å². The van der Waals surface area contributed by atoms with Gasteiger partial charge in [-0.1, -0.05) is 18.2 Å². The quantitative estimate of drug-likeness (QED) is 0.461. The number of amides is 1. The summed E-state index contributed by atoms with van der Waals surface area (Å²) in [6.45, 7) is 0. The highest BCUT2D eigenvalue weighted by Crippen LogP contribution is 2.17. The van der Waals surface area contributed by atoms with Crippen LogP contribution in [0, 0.1) is 5.82 Å². The van der Waals surface area contributed by atoms with Crippen LogP contribution in [0.5, 0.6) is 0 Å². The van der Waals surface area contributed by atoms with Crippen LogP contribution in [0.2, 0.25) is 0 Å². The van der Waals surface area contributed by atoms with E-state index in [0.717, 1.165) is 0 Å². The summed E-state index contributed by atoms with van der Waals surface area (Å²) >= 11 is 5.23. The average Bonchev–Trinajstić information content (AvgIpc) is 2.70. The van der Waals surface area contributed by atoms with Gasteiger partial charge >= 0.3 is 5.97 Å². The van der Waals surface area contributed by atoms with Crippen molar-refractivity contribution in [2.75, 3.05) is 16.0 Å². The van der Waals surface area contributed by atoms with Gasteiger partial charge < -0.3 is 21.1 Å². The number of halogens is 1. The predicted octanol–water partition coefficient (Wildman–Crippen LogP) is 4.59. The summed E-state index contributed by atoms with van der Waals surface area (Å²) in [7, 11) is 0. The number of aromatic carboxylic acids is 1. The fraction of sp³-hybridized carbons (Fsp3) is 0. The molecule has 8 heteroatoms. The molecule has 146 valence electrons. The van der Waals surface area contributed by atoms with E-state index in [1.807, 2.05) is 0 Å². The zero-order valence-electron chi connectivity index (χ0n) is 15.0. The highest BCUT2D eigenvalue weighted by Gasteiger charge is 2.11. The average molecular weight is 409 g/mol. The number of hydrogen-bond acceptors (Lipinski definition) is 3. The SMILES string of the molecule is O=C(O)c1cccc(NC(=S)Nc2ccc(NC(=O)c3ccccc3F)cc2)c1. The molecule has 0 heterocycles. The van der Waals surface area contributed by atoms with Crippen LogP contribution in [-0.2, 0) is 0 Å². The van der Waals surface area contributed by atoms with Gasteiger partial charge in [0.1, 0.15) is 5.82 Å². The summed E-state index contributed by atoms with van der Waals surface area (Å²) in [5.41, 5.74) is 1.80. The first-order chi connectivity index (χ1) is 13.9. The summed E-state index contributed by atoms with van der Waals surface area (Å²) in [5.74, 6) is -2.16. The van der Waals surface area contributed by atoms with Gasteiger partial charge in [0, 0.05) is 17.1 Å². The van der Waals surface area contributed by atoms with Gasteiger partial charge in [0.25, 0.3) is 5.91 Å². The Balaban J connectivity index is 1.59. The highest BCUT2D eigenvalue weighted by atomic mass is 32.1. The van der Waals surface area contributed by atoms with E-state index in [4.69, 9.17) is 17.3 Å². The predicted molar refractivity (Wildman–Crippen MR) is 114 cm³/mol. The lowest BCUT2D eigenvalue weighted by Gasteiger charge is -2.12. The van der Waals surface area contributed by atoms with Crippen LogP contribution in [-0.4, -0.2) is 22.1 Å². The van der Waals surface area contributed by atoms with Crippen LogP contribution in [0.15, 0.2) is 72.8 Å². The number of carbonyl (C=O) groups is 2. The summed E-state index contributed by atoms with van der Waals surface area (Å²) in [6.07, 6.45) is 0. The third-order valence-corrected chi connectivity index (χ3v) is 4.09. The Morgan fingerprint density at radius 3 is 2.07 bits per heavy atom. The molecule has 0 unspecified atom stereocenters. The lowest BCUT2D eigenvalue weighted by molar-refractivity contribution is 0.0696. The highest BCUT2D eigenvalue weighted by molar-refractivity contribution is 7.80. The van der Waals surface area contributed by atoms with Gasteiger partial charge in [-0.25, -0.2) is 9.18 Å². The molecule has 29 heavy (non-hydrogen) atoms. The van der Waals surface area contributed by atoms with Crippen molar-refractivity contribution in [3.8, 4) is 0 Å². The molecule has 0 saturated heterocycles. The second-order valence-electron chi connectivity index (χ2n) is 5.98. The molecule has 0 fully saturated rings. The van der Waals surface area contributed by atoms with Gasteiger partial charge in [-0.05, 0) is 66.8 Å². The van der Waals surface area contributed by atoms with Crippen LogP contribution in [0.25, 0.3) is 0 Å². The fourth-order valence-corrected chi connectivity index (χ4v) is 2.74. The third-order valence-electron chi connectivity index (χ3n) is 3.89. The molecule has 0 aliphatic carbocycles. The number of carboxylic acids is 1. The first-order valence-electron chi connectivity index (χ1n) is 8.50. The maximum atomic E-state index is 13.7. The first kappa shape index (κ1) is 20.0. The Hall–Kier alpha value is -3.78. The fourth-order valence-electron chi connectivity index (χ4n) is 2.50. The van der Waals surface area contributed by atoms with E-state index >= 15 is 0 Å². The number of carbonyl (C=O) groups excluding carboxylic acids is 1. The van der Waals surface area contributed by atoms with Crippen LogP contribution in [0.3, 0.4) is 0 Å². The molecule has 0 bridgehead atoms. The number of anilines is 3. The van der Waals surface area contributed by atoms with Crippen molar-refractivity contribution >= 4 is 46.3 Å². The van der Waals surface area contributed by atoms with Crippen molar-refractivity contribution in [3.05, 3.63) is 89.7 Å². The largest absolute Gasteiger partial charge is 0.478 e. The molecule has 0 atom stereocenters. The zero-order valence-corrected chi connectivity index (χ0v) is 15.8. The second-order valence-corrected chi connectivity index (χ2v) is 6.38. The van der Waals surface area contributed by atoms with E-state index in [9.17, 15) is 14.0 Å². The number of carboxylic acid groups (broad SMARTS) is 1.